The molecule has 6 heteroatoms. The Bertz CT molecular complexity index is 760. The standard InChI is InChI=1S/C19H24N4O2/c1-13-7-3-4-8-15(13)20-18(24)22-19(11-5-2-6-12-19)17-21-16(23-25-17)14-9-10-14/h3-4,7-8,14H,2,5-6,9-12H2,1H3,(H2,20,22,24). The molecular formula is C19H24N4O2. The van der Waals surface area contributed by atoms with Crippen molar-refractivity contribution in [3.05, 3.63) is 41.5 Å². The van der Waals surface area contributed by atoms with Gasteiger partial charge in [-0.15, -0.1) is 0 Å². The molecule has 2 aromatic rings. The summed E-state index contributed by atoms with van der Waals surface area (Å²) in [6, 6.07) is 7.53. The van der Waals surface area contributed by atoms with Crippen molar-refractivity contribution < 1.29 is 9.32 Å². The van der Waals surface area contributed by atoms with Crippen LogP contribution in [0.4, 0.5) is 10.5 Å². The Morgan fingerprint density at radius 2 is 1.96 bits per heavy atom. The molecule has 0 saturated heterocycles. The second kappa shape index (κ2) is 6.50. The van der Waals surface area contributed by atoms with Crippen LogP contribution in [0.3, 0.4) is 0 Å². The van der Waals surface area contributed by atoms with Gasteiger partial charge in [0.15, 0.2) is 5.82 Å². The highest BCUT2D eigenvalue weighted by Gasteiger charge is 2.42. The summed E-state index contributed by atoms with van der Waals surface area (Å²) in [7, 11) is 0. The molecule has 2 fully saturated rings. The normalized spacial score (nSPS) is 19.4. The molecule has 0 bridgehead atoms. The molecule has 0 atom stereocenters. The second-order valence-corrected chi connectivity index (χ2v) is 7.27. The van der Waals surface area contributed by atoms with Crippen LogP contribution in [-0.4, -0.2) is 16.2 Å². The molecule has 132 valence electrons. The van der Waals surface area contributed by atoms with Crippen LogP contribution >= 0.6 is 0 Å². The number of aromatic nitrogens is 2. The van der Waals surface area contributed by atoms with Gasteiger partial charge < -0.3 is 15.2 Å². The van der Waals surface area contributed by atoms with Crippen molar-refractivity contribution in [2.75, 3.05) is 5.32 Å². The minimum absolute atomic E-state index is 0.220. The third-order valence-electron chi connectivity index (χ3n) is 5.25. The highest BCUT2D eigenvalue weighted by atomic mass is 16.5. The van der Waals surface area contributed by atoms with Crippen molar-refractivity contribution in [3.63, 3.8) is 0 Å². The zero-order valence-corrected chi connectivity index (χ0v) is 14.5. The van der Waals surface area contributed by atoms with Gasteiger partial charge in [-0.05, 0) is 44.2 Å². The lowest BCUT2D eigenvalue weighted by atomic mass is 9.81. The maximum atomic E-state index is 12.7. The largest absolute Gasteiger partial charge is 0.337 e. The molecule has 1 heterocycles. The number of para-hydroxylation sites is 1. The first-order valence-corrected chi connectivity index (χ1v) is 9.15. The maximum absolute atomic E-state index is 12.7. The van der Waals surface area contributed by atoms with E-state index < -0.39 is 5.54 Å². The lowest BCUT2D eigenvalue weighted by Gasteiger charge is -2.34. The van der Waals surface area contributed by atoms with Crippen molar-refractivity contribution in [2.45, 2.75) is 63.3 Å². The lowest BCUT2D eigenvalue weighted by Crippen LogP contribution is -2.49. The molecule has 2 N–H and O–H groups in total. The monoisotopic (exact) mass is 340 g/mol. The van der Waals surface area contributed by atoms with Crippen LogP contribution in [0.25, 0.3) is 0 Å². The third kappa shape index (κ3) is 3.38. The molecule has 4 rings (SSSR count). The molecule has 0 spiro atoms. The van der Waals surface area contributed by atoms with Crippen molar-refractivity contribution >= 4 is 11.7 Å². The fourth-order valence-corrected chi connectivity index (χ4v) is 3.57. The number of rotatable bonds is 4. The molecule has 25 heavy (non-hydrogen) atoms. The summed E-state index contributed by atoms with van der Waals surface area (Å²) in [5.74, 6) is 1.80. The van der Waals surface area contributed by atoms with Crippen LogP contribution in [-0.2, 0) is 5.54 Å². The first kappa shape index (κ1) is 16.1. The van der Waals surface area contributed by atoms with E-state index in [9.17, 15) is 4.79 Å². The van der Waals surface area contributed by atoms with Crippen LogP contribution in [0.1, 0.15) is 68.1 Å². The average molecular weight is 340 g/mol. The van der Waals surface area contributed by atoms with Gasteiger partial charge in [0, 0.05) is 11.6 Å². The zero-order chi connectivity index (χ0) is 17.3. The van der Waals surface area contributed by atoms with Gasteiger partial charge in [-0.3, -0.25) is 0 Å². The van der Waals surface area contributed by atoms with E-state index in [0.29, 0.717) is 11.8 Å². The third-order valence-corrected chi connectivity index (χ3v) is 5.25. The molecule has 0 radical (unpaired) electrons. The SMILES string of the molecule is Cc1ccccc1NC(=O)NC1(c2nc(C3CC3)no2)CCCCC1. The van der Waals surface area contributed by atoms with Gasteiger partial charge in [-0.25, -0.2) is 4.79 Å². The Balaban J connectivity index is 1.54. The smallest absolute Gasteiger partial charge is 0.320 e. The van der Waals surface area contributed by atoms with Crippen LogP contribution in [0.5, 0.6) is 0 Å². The molecule has 1 aromatic heterocycles. The molecule has 1 aromatic carbocycles. The summed E-state index contributed by atoms with van der Waals surface area (Å²) in [6.07, 6.45) is 7.20. The van der Waals surface area contributed by atoms with E-state index in [1.807, 2.05) is 31.2 Å². The number of amides is 2. The summed E-state index contributed by atoms with van der Waals surface area (Å²) in [5, 5.41) is 10.3. The highest BCUT2D eigenvalue weighted by molar-refractivity contribution is 5.90. The van der Waals surface area contributed by atoms with Gasteiger partial charge >= 0.3 is 6.03 Å². The Labute approximate surface area is 147 Å². The quantitative estimate of drug-likeness (QED) is 0.872. The minimum atomic E-state index is -0.550. The summed E-state index contributed by atoms with van der Waals surface area (Å²) in [6.45, 7) is 1.98. The van der Waals surface area contributed by atoms with E-state index in [1.54, 1.807) is 0 Å². The van der Waals surface area contributed by atoms with E-state index >= 15 is 0 Å². The van der Waals surface area contributed by atoms with Crippen LogP contribution in [0.15, 0.2) is 28.8 Å². The molecule has 2 saturated carbocycles. The molecule has 6 nitrogen and oxygen atoms in total. The number of urea groups is 1. The Morgan fingerprint density at radius 3 is 2.68 bits per heavy atom. The van der Waals surface area contributed by atoms with Crippen molar-refractivity contribution in [1.82, 2.24) is 15.5 Å². The molecule has 2 amide bonds. The lowest BCUT2D eigenvalue weighted by molar-refractivity contribution is 0.173. The van der Waals surface area contributed by atoms with Gasteiger partial charge in [0.1, 0.15) is 5.54 Å². The van der Waals surface area contributed by atoms with Gasteiger partial charge in [0.05, 0.1) is 0 Å². The van der Waals surface area contributed by atoms with Crippen molar-refractivity contribution in [1.29, 1.82) is 0 Å². The molecule has 2 aliphatic rings. The summed E-state index contributed by atoms with van der Waals surface area (Å²) >= 11 is 0. The maximum Gasteiger partial charge on any atom is 0.320 e. The van der Waals surface area contributed by atoms with Crippen LogP contribution in [0, 0.1) is 6.92 Å². The number of nitrogens with zero attached hydrogens (tertiary/aromatic N) is 2. The summed E-state index contributed by atoms with van der Waals surface area (Å²) in [4.78, 5) is 17.3. The van der Waals surface area contributed by atoms with Crippen molar-refractivity contribution in [2.24, 2.45) is 0 Å². The molecule has 0 unspecified atom stereocenters. The number of carbonyl (C=O) groups is 1. The number of anilines is 1. The predicted octanol–water partition coefficient (Wildman–Crippen LogP) is 4.24. The topological polar surface area (TPSA) is 80.0 Å². The van der Waals surface area contributed by atoms with E-state index in [2.05, 4.69) is 20.8 Å². The van der Waals surface area contributed by atoms with Gasteiger partial charge in [0.25, 0.3) is 5.89 Å². The van der Waals surface area contributed by atoms with E-state index in [1.165, 1.54) is 6.42 Å². The summed E-state index contributed by atoms with van der Waals surface area (Å²) in [5.41, 5.74) is 1.30. The second-order valence-electron chi connectivity index (χ2n) is 7.27. The van der Waals surface area contributed by atoms with E-state index in [-0.39, 0.29) is 6.03 Å². The van der Waals surface area contributed by atoms with Gasteiger partial charge in [0.2, 0.25) is 0 Å². The predicted molar refractivity (Wildman–Crippen MR) is 94.4 cm³/mol. The first-order chi connectivity index (χ1) is 12.2. The Morgan fingerprint density at radius 1 is 1.20 bits per heavy atom. The molecular weight excluding hydrogens is 316 g/mol. The molecule has 0 aliphatic heterocycles. The fourth-order valence-electron chi connectivity index (χ4n) is 3.57. The number of nitrogens with one attached hydrogen (secondary N) is 2. The van der Waals surface area contributed by atoms with E-state index in [4.69, 9.17) is 4.52 Å². The minimum Gasteiger partial charge on any atom is -0.337 e. The van der Waals surface area contributed by atoms with E-state index in [0.717, 1.165) is 55.6 Å². The summed E-state index contributed by atoms with van der Waals surface area (Å²) < 4.78 is 5.58. The van der Waals surface area contributed by atoms with Gasteiger partial charge in [-0.1, -0.05) is 42.6 Å². The average Bonchev–Trinajstić information content (AvgIpc) is 3.34. The highest BCUT2D eigenvalue weighted by Crippen LogP contribution is 2.41. The number of hydrogen-bond acceptors (Lipinski definition) is 4. The Hall–Kier alpha value is -2.37. The number of aryl methyl sites for hydroxylation is 1. The van der Waals surface area contributed by atoms with Crippen LogP contribution < -0.4 is 10.6 Å². The number of benzene rings is 1. The van der Waals surface area contributed by atoms with Crippen LogP contribution in [0.2, 0.25) is 0 Å². The first-order valence-electron chi connectivity index (χ1n) is 9.15. The molecule has 2 aliphatic carbocycles. The van der Waals surface area contributed by atoms with Gasteiger partial charge in [-0.2, -0.15) is 4.98 Å². The Kier molecular flexibility index (Phi) is 4.19. The fraction of sp³-hybridized carbons (Fsp3) is 0.526. The zero-order valence-electron chi connectivity index (χ0n) is 14.5. The number of carbonyl (C=O) groups excluding carboxylic acids is 1. The number of hydrogen-bond donors (Lipinski definition) is 2. The van der Waals surface area contributed by atoms with Crippen molar-refractivity contribution in [3.8, 4) is 0 Å².